The van der Waals surface area contributed by atoms with E-state index in [1.54, 1.807) is 35.6 Å². The van der Waals surface area contributed by atoms with Crippen molar-refractivity contribution in [1.82, 2.24) is 20.2 Å². The molecular weight excluding hydrogens is 252 g/mol. The van der Waals surface area contributed by atoms with E-state index in [9.17, 15) is 0 Å². The minimum absolute atomic E-state index is 0.103. The molecule has 0 spiro atoms. The number of amidine groups is 1. The molecule has 2 rings (SSSR count). The first kappa shape index (κ1) is 12.4. The van der Waals surface area contributed by atoms with Gasteiger partial charge in [0, 0.05) is 18.4 Å². The highest BCUT2D eigenvalue weighted by Crippen LogP contribution is 2.19. The van der Waals surface area contributed by atoms with Gasteiger partial charge in [-0.05, 0) is 16.0 Å². The van der Waals surface area contributed by atoms with Crippen molar-refractivity contribution in [2.45, 2.75) is 10.9 Å². The summed E-state index contributed by atoms with van der Waals surface area (Å²) >= 11 is 1.54. The molecule has 0 radical (unpaired) electrons. The maximum Gasteiger partial charge on any atom is 0.209 e. The fraction of sp³-hybridized carbons (Fsp3) is 0.200. The molecular formula is C10H12N6OS. The van der Waals surface area contributed by atoms with Crippen LogP contribution < -0.4 is 5.73 Å². The molecule has 1 aromatic carbocycles. The van der Waals surface area contributed by atoms with Crippen LogP contribution >= 0.6 is 11.8 Å². The summed E-state index contributed by atoms with van der Waals surface area (Å²) in [5, 5.41) is 23.5. The Morgan fingerprint density at radius 1 is 1.44 bits per heavy atom. The van der Waals surface area contributed by atoms with Gasteiger partial charge in [0.1, 0.15) is 0 Å². The van der Waals surface area contributed by atoms with Crippen LogP contribution in [0.3, 0.4) is 0 Å². The second kappa shape index (κ2) is 5.50. The predicted octanol–water partition coefficient (Wildman–Crippen LogP) is 0.597. The van der Waals surface area contributed by atoms with E-state index in [2.05, 4.69) is 20.7 Å². The molecule has 2 aromatic rings. The van der Waals surface area contributed by atoms with Crippen molar-refractivity contribution in [1.29, 1.82) is 0 Å². The van der Waals surface area contributed by atoms with Crippen molar-refractivity contribution in [3.05, 3.63) is 35.4 Å². The van der Waals surface area contributed by atoms with E-state index in [1.807, 2.05) is 12.1 Å². The molecule has 0 aliphatic rings. The van der Waals surface area contributed by atoms with Gasteiger partial charge in [-0.25, -0.2) is 4.68 Å². The Morgan fingerprint density at radius 2 is 2.17 bits per heavy atom. The van der Waals surface area contributed by atoms with Gasteiger partial charge in [-0.1, -0.05) is 41.2 Å². The fourth-order valence-electron chi connectivity index (χ4n) is 1.32. The van der Waals surface area contributed by atoms with Gasteiger partial charge in [0.2, 0.25) is 5.16 Å². The normalized spacial score (nSPS) is 11.7. The van der Waals surface area contributed by atoms with Crippen molar-refractivity contribution in [3.63, 3.8) is 0 Å². The van der Waals surface area contributed by atoms with Crippen molar-refractivity contribution in [2.75, 3.05) is 0 Å². The van der Waals surface area contributed by atoms with Gasteiger partial charge < -0.3 is 10.9 Å². The molecule has 0 amide bonds. The SMILES string of the molecule is Cn1nnnc1SCc1ccc(/C(N)=N/O)cc1. The summed E-state index contributed by atoms with van der Waals surface area (Å²) < 4.78 is 1.62. The molecule has 0 bridgehead atoms. The Bertz CT molecular complexity index is 550. The molecule has 0 aliphatic heterocycles. The quantitative estimate of drug-likeness (QED) is 0.275. The number of rotatable bonds is 4. The third-order valence-corrected chi connectivity index (χ3v) is 3.39. The summed E-state index contributed by atoms with van der Waals surface area (Å²) in [6.07, 6.45) is 0. The number of nitrogens with zero attached hydrogens (tertiary/aromatic N) is 5. The zero-order valence-corrected chi connectivity index (χ0v) is 10.5. The van der Waals surface area contributed by atoms with Crippen LogP contribution in [-0.4, -0.2) is 31.3 Å². The zero-order chi connectivity index (χ0) is 13.0. The standard InChI is InChI=1S/C10H12N6OS/c1-16-10(12-14-15-16)18-6-7-2-4-8(5-3-7)9(11)13-17/h2-5,17H,6H2,1H3,(H2,11,13). The Labute approximate surface area is 108 Å². The molecule has 0 unspecified atom stereocenters. The molecule has 0 aliphatic carbocycles. The number of aromatic nitrogens is 4. The van der Waals surface area contributed by atoms with Gasteiger partial charge >= 0.3 is 0 Å². The van der Waals surface area contributed by atoms with Crippen molar-refractivity contribution < 1.29 is 5.21 Å². The third-order valence-electron chi connectivity index (χ3n) is 2.31. The van der Waals surface area contributed by atoms with Crippen LogP contribution in [0.4, 0.5) is 0 Å². The molecule has 3 N–H and O–H groups in total. The maximum absolute atomic E-state index is 8.55. The van der Waals surface area contributed by atoms with E-state index < -0.39 is 0 Å². The van der Waals surface area contributed by atoms with Gasteiger partial charge in [-0.2, -0.15) is 0 Å². The molecule has 0 fully saturated rings. The van der Waals surface area contributed by atoms with Gasteiger partial charge in [-0.3, -0.25) is 0 Å². The Balaban J connectivity index is 2.01. The average molecular weight is 264 g/mol. The Hall–Kier alpha value is -2.09. The largest absolute Gasteiger partial charge is 0.409 e. The molecule has 8 heteroatoms. The van der Waals surface area contributed by atoms with Gasteiger partial charge in [-0.15, -0.1) is 5.10 Å². The lowest BCUT2D eigenvalue weighted by Crippen LogP contribution is -2.12. The fourth-order valence-corrected chi connectivity index (χ4v) is 2.13. The first-order valence-electron chi connectivity index (χ1n) is 5.12. The predicted molar refractivity (Wildman–Crippen MR) is 67.3 cm³/mol. The van der Waals surface area contributed by atoms with Crippen LogP contribution in [-0.2, 0) is 12.8 Å². The number of tetrazole rings is 1. The zero-order valence-electron chi connectivity index (χ0n) is 9.69. The molecule has 0 atom stereocenters. The maximum atomic E-state index is 8.55. The van der Waals surface area contributed by atoms with Crippen LogP contribution in [0, 0.1) is 0 Å². The topological polar surface area (TPSA) is 102 Å². The summed E-state index contributed by atoms with van der Waals surface area (Å²) in [6.45, 7) is 0. The summed E-state index contributed by atoms with van der Waals surface area (Å²) in [7, 11) is 1.80. The number of oxime groups is 1. The van der Waals surface area contributed by atoms with E-state index in [4.69, 9.17) is 10.9 Å². The van der Waals surface area contributed by atoms with Gasteiger partial charge in [0.05, 0.1) is 0 Å². The lowest BCUT2D eigenvalue weighted by atomic mass is 10.1. The van der Waals surface area contributed by atoms with Crippen LogP contribution in [0.25, 0.3) is 0 Å². The highest BCUT2D eigenvalue weighted by atomic mass is 32.2. The second-order valence-electron chi connectivity index (χ2n) is 3.56. The highest BCUT2D eigenvalue weighted by Gasteiger charge is 2.04. The smallest absolute Gasteiger partial charge is 0.209 e. The first-order chi connectivity index (χ1) is 8.70. The Kier molecular flexibility index (Phi) is 3.78. The molecule has 1 heterocycles. The van der Waals surface area contributed by atoms with E-state index in [0.717, 1.165) is 16.5 Å². The number of hydrogen-bond donors (Lipinski definition) is 2. The summed E-state index contributed by atoms with van der Waals surface area (Å²) in [4.78, 5) is 0. The van der Waals surface area contributed by atoms with E-state index in [1.165, 1.54) is 0 Å². The van der Waals surface area contributed by atoms with Crippen LogP contribution in [0.5, 0.6) is 0 Å². The van der Waals surface area contributed by atoms with Crippen molar-refractivity contribution in [3.8, 4) is 0 Å². The van der Waals surface area contributed by atoms with E-state index in [0.29, 0.717) is 5.56 Å². The lowest BCUT2D eigenvalue weighted by molar-refractivity contribution is 0.318. The minimum Gasteiger partial charge on any atom is -0.409 e. The van der Waals surface area contributed by atoms with E-state index in [-0.39, 0.29) is 5.84 Å². The molecule has 0 saturated carbocycles. The summed E-state index contributed by atoms with van der Waals surface area (Å²) in [5.74, 6) is 0.858. The van der Waals surface area contributed by atoms with E-state index >= 15 is 0 Å². The average Bonchev–Trinajstić information content (AvgIpc) is 2.81. The number of benzene rings is 1. The van der Waals surface area contributed by atoms with Gasteiger partial charge in [0.15, 0.2) is 5.84 Å². The molecule has 7 nitrogen and oxygen atoms in total. The highest BCUT2D eigenvalue weighted by molar-refractivity contribution is 7.98. The van der Waals surface area contributed by atoms with Crippen LogP contribution in [0.2, 0.25) is 0 Å². The summed E-state index contributed by atoms with van der Waals surface area (Å²) in [5.41, 5.74) is 7.28. The third kappa shape index (κ3) is 2.77. The van der Waals surface area contributed by atoms with Crippen LogP contribution in [0.15, 0.2) is 34.6 Å². The number of nitrogens with two attached hydrogens (primary N) is 1. The number of thioether (sulfide) groups is 1. The first-order valence-corrected chi connectivity index (χ1v) is 6.11. The molecule has 1 aromatic heterocycles. The number of hydrogen-bond acceptors (Lipinski definition) is 6. The minimum atomic E-state index is 0.103. The number of aryl methyl sites for hydroxylation is 1. The lowest BCUT2D eigenvalue weighted by Gasteiger charge is -2.02. The summed E-state index contributed by atoms with van der Waals surface area (Å²) in [6, 6.07) is 7.45. The van der Waals surface area contributed by atoms with Crippen LogP contribution in [0.1, 0.15) is 11.1 Å². The van der Waals surface area contributed by atoms with Crippen molar-refractivity contribution >= 4 is 17.6 Å². The molecule has 18 heavy (non-hydrogen) atoms. The molecule has 0 saturated heterocycles. The monoisotopic (exact) mass is 264 g/mol. The van der Waals surface area contributed by atoms with Gasteiger partial charge in [0.25, 0.3) is 0 Å². The van der Waals surface area contributed by atoms with Crippen molar-refractivity contribution in [2.24, 2.45) is 17.9 Å². The second-order valence-corrected chi connectivity index (χ2v) is 4.50. The molecule has 94 valence electrons. The Morgan fingerprint density at radius 3 is 2.72 bits per heavy atom.